The molecule has 0 aliphatic heterocycles. The van der Waals surface area contributed by atoms with Crippen LogP contribution in [0.2, 0.25) is 0 Å². The zero-order valence-corrected chi connectivity index (χ0v) is 12.1. The minimum atomic E-state index is 0.680. The van der Waals surface area contributed by atoms with E-state index >= 15 is 0 Å². The van der Waals surface area contributed by atoms with Gasteiger partial charge in [-0.3, -0.25) is 0 Å². The fourth-order valence-electron chi connectivity index (χ4n) is 2.21. The van der Waals surface area contributed by atoms with Crippen LogP contribution in [0.3, 0.4) is 0 Å². The van der Waals surface area contributed by atoms with Gasteiger partial charge in [-0.15, -0.1) is 0 Å². The Bertz CT molecular complexity index is 721. The number of hydrogen-bond donors (Lipinski definition) is 0. The van der Waals surface area contributed by atoms with Crippen LogP contribution >= 0.6 is 15.9 Å². The van der Waals surface area contributed by atoms with Gasteiger partial charge in [0.2, 0.25) is 5.88 Å². The van der Waals surface area contributed by atoms with Crippen LogP contribution in [0, 0.1) is 0 Å². The number of methoxy groups -OCH3 is 1. The van der Waals surface area contributed by atoms with E-state index < -0.39 is 0 Å². The Hall–Kier alpha value is -1.81. The standard InChI is InChI=1S/C15H13BrN2O/c1-19-15-12(3-2-7-17-15)10-18-8-6-11-4-5-13(16)9-14(11)18/h2-9H,10H2,1H3. The van der Waals surface area contributed by atoms with Gasteiger partial charge in [-0.05, 0) is 29.7 Å². The summed E-state index contributed by atoms with van der Waals surface area (Å²) in [4.78, 5) is 4.23. The Morgan fingerprint density at radius 3 is 3.00 bits per heavy atom. The number of fused-ring (bicyclic) bond motifs is 1. The molecule has 3 nitrogen and oxygen atoms in total. The zero-order valence-electron chi connectivity index (χ0n) is 10.5. The number of benzene rings is 1. The van der Waals surface area contributed by atoms with Gasteiger partial charge >= 0.3 is 0 Å². The van der Waals surface area contributed by atoms with E-state index in [1.54, 1.807) is 13.3 Å². The Balaban J connectivity index is 2.03. The Kier molecular flexibility index (Phi) is 3.25. The minimum absolute atomic E-state index is 0.680. The molecule has 2 aromatic heterocycles. The molecule has 96 valence electrons. The highest BCUT2D eigenvalue weighted by Gasteiger charge is 2.07. The number of nitrogens with zero attached hydrogens (tertiary/aromatic N) is 2. The number of ether oxygens (including phenoxy) is 1. The SMILES string of the molecule is COc1ncccc1Cn1ccc2ccc(Br)cc21. The molecule has 0 fully saturated rings. The van der Waals surface area contributed by atoms with Gasteiger partial charge in [0.05, 0.1) is 13.7 Å². The molecule has 0 saturated carbocycles. The number of pyridine rings is 1. The largest absolute Gasteiger partial charge is 0.481 e. The molecule has 0 saturated heterocycles. The van der Waals surface area contributed by atoms with E-state index in [1.807, 2.05) is 12.1 Å². The molecule has 1 aromatic carbocycles. The third-order valence-electron chi connectivity index (χ3n) is 3.12. The first-order valence-corrected chi connectivity index (χ1v) is 6.79. The minimum Gasteiger partial charge on any atom is -0.481 e. The summed E-state index contributed by atoms with van der Waals surface area (Å²) in [6.07, 6.45) is 3.83. The topological polar surface area (TPSA) is 27.1 Å². The first-order valence-electron chi connectivity index (χ1n) is 6.00. The van der Waals surface area contributed by atoms with Crippen LogP contribution in [0.25, 0.3) is 10.9 Å². The molecular weight excluding hydrogens is 304 g/mol. The quantitative estimate of drug-likeness (QED) is 0.733. The average Bonchev–Trinajstić information content (AvgIpc) is 2.82. The second kappa shape index (κ2) is 5.05. The molecule has 19 heavy (non-hydrogen) atoms. The maximum Gasteiger partial charge on any atom is 0.218 e. The summed E-state index contributed by atoms with van der Waals surface area (Å²) in [7, 11) is 1.65. The van der Waals surface area contributed by atoms with E-state index in [2.05, 4.69) is 55.9 Å². The van der Waals surface area contributed by atoms with Crippen molar-refractivity contribution >= 4 is 26.8 Å². The predicted octanol–water partition coefficient (Wildman–Crippen LogP) is 3.86. The predicted molar refractivity (Wildman–Crippen MR) is 79.5 cm³/mol. The first-order chi connectivity index (χ1) is 9.28. The van der Waals surface area contributed by atoms with Gasteiger partial charge in [-0.25, -0.2) is 4.98 Å². The Morgan fingerprint density at radius 2 is 2.16 bits per heavy atom. The van der Waals surface area contributed by atoms with Gasteiger partial charge in [0.1, 0.15) is 0 Å². The van der Waals surface area contributed by atoms with Crippen LogP contribution in [0.15, 0.2) is 53.3 Å². The van der Waals surface area contributed by atoms with E-state index in [9.17, 15) is 0 Å². The highest BCUT2D eigenvalue weighted by atomic mass is 79.9. The molecule has 0 amide bonds. The molecule has 3 rings (SSSR count). The highest BCUT2D eigenvalue weighted by Crippen LogP contribution is 2.23. The molecule has 2 heterocycles. The summed E-state index contributed by atoms with van der Waals surface area (Å²) in [5.41, 5.74) is 2.27. The van der Waals surface area contributed by atoms with Crippen LogP contribution in [0.5, 0.6) is 5.88 Å². The second-order valence-electron chi connectivity index (χ2n) is 4.32. The Labute approximate surface area is 120 Å². The van der Waals surface area contributed by atoms with Crippen molar-refractivity contribution in [3.63, 3.8) is 0 Å². The van der Waals surface area contributed by atoms with E-state index in [1.165, 1.54) is 10.9 Å². The summed E-state index contributed by atoms with van der Waals surface area (Å²) in [5, 5.41) is 1.23. The molecule has 0 unspecified atom stereocenters. The van der Waals surface area contributed by atoms with Crippen molar-refractivity contribution < 1.29 is 4.74 Å². The van der Waals surface area contributed by atoms with Gasteiger partial charge in [0.25, 0.3) is 0 Å². The van der Waals surface area contributed by atoms with Crippen LogP contribution in [-0.4, -0.2) is 16.7 Å². The van der Waals surface area contributed by atoms with E-state index in [-0.39, 0.29) is 0 Å². The molecule has 3 aromatic rings. The number of aromatic nitrogens is 2. The van der Waals surface area contributed by atoms with Gasteiger partial charge in [0, 0.05) is 27.9 Å². The molecule has 4 heteroatoms. The molecule has 0 spiro atoms. The third-order valence-corrected chi connectivity index (χ3v) is 3.61. The fraction of sp³-hybridized carbons (Fsp3) is 0.133. The second-order valence-corrected chi connectivity index (χ2v) is 5.23. The van der Waals surface area contributed by atoms with Crippen molar-refractivity contribution in [2.24, 2.45) is 0 Å². The summed E-state index contributed by atoms with van der Waals surface area (Å²) in [5.74, 6) is 0.680. The van der Waals surface area contributed by atoms with Crippen molar-refractivity contribution in [1.29, 1.82) is 0 Å². The first kappa shape index (κ1) is 12.2. The van der Waals surface area contributed by atoms with Gasteiger partial charge < -0.3 is 9.30 Å². The van der Waals surface area contributed by atoms with Gasteiger partial charge in [-0.2, -0.15) is 0 Å². The van der Waals surface area contributed by atoms with E-state index in [0.29, 0.717) is 5.88 Å². The molecule has 0 atom stereocenters. The summed E-state index contributed by atoms with van der Waals surface area (Å²) in [6.45, 7) is 0.747. The molecule has 0 N–H and O–H groups in total. The summed E-state index contributed by atoms with van der Waals surface area (Å²) in [6, 6.07) is 12.4. The number of hydrogen-bond acceptors (Lipinski definition) is 2. The van der Waals surface area contributed by atoms with Crippen LogP contribution in [0.4, 0.5) is 0 Å². The Morgan fingerprint density at radius 1 is 1.26 bits per heavy atom. The van der Waals surface area contributed by atoms with Crippen LogP contribution in [0.1, 0.15) is 5.56 Å². The number of rotatable bonds is 3. The summed E-state index contributed by atoms with van der Waals surface area (Å²) >= 11 is 3.51. The van der Waals surface area contributed by atoms with E-state index in [4.69, 9.17) is 4.74 Å². The van der Waals surface area contributed by atoms with Crippen molar-refractivity contribution in [1.82, 2.24) is 9.55 Å². The van der Waals surface area contributed by atoms with Crippen molar-refractivity contribution in [2.45, 2.75) is 6.54 Å². The monoisotopic (exact) mass is 316 g/mol. The molecule has 0 radical (unpaired) electrons. The highest BCUT2D eigenvalue weighted by molar-refractivity contribution is 9.10. The lowest BCUT2D eigenvalue weighted by Gasteiger charge is -2.09. The van der Waals surface area contributed by atoms with E-state index in [0.717, 1.165) is 16.6 Å². The molecule has 0 bridgehead atoms. The maximum absolute atomic E-state index is 5.30. The average molecular weight is 317 g/mol. The number of halogens is 1. The molecule has 0 aliphatic carbocycles. The van der Waals surface area contributed by atoms with Crippen molar-refractivity contribution in [2.75, 3.05) is 7.11 Å². The van der Waals surface area contributed by atoms with Crippen LogP contribution < -0.4 is 4.74 Å². The zero-order chi connectivity index (χ0) is 13.2. The van der Waals surface area contributed by atoms with Crippen molar-refractivity contribution in [3.05, 3.63) is 58.8 Å². The molecule has 0 aliphatic rings. The lowest BCUT2D eigenvalue weighted by molar-refractivity contribution is 0.391. The lowest BCUT2D eigenvalue weighted by Crippen LogP contribution is -2.01. The summed E-state index contributed by atoms with van der Waals surface area (Å²) < 4.78 is 8.57. The third kappa shape index (κ3) is 2.36. The smallest absolute Gasteiger partial charge is 0.218 e. The normalized spacial score (nSPS) is 10.8. The van der Waals surface area contributed by atoms with Gasteiger partial charge in [0.15, 0.2) is 0 Å². The lowest BCUT2D eigenvalue weighted by atomic mass is 10.2. The van der Waals surface area contributed by atoms with Gasteiger partial charge in [-0.1, -0.05) is 28.1 Å². The molecular formula is C15H13BrN2O. The maximum atomic E-state index is 5.30. The fourth-order valence-corrected chi connectivity index (χ4v) is 2.56. The van der Waals surface area contributed by atoms with Crippen molar-refractivity contribution in [3.8, 4) is 5.88 Å². The van der Waals surface area contributed by atoms with Crippen LogP contribution in [-0.2, 0) is 6.54 Å².